The van der Waals surface area contributed by atoms with Crippen LogP contribution in [0.5, 0.6) is 0 Å². The smallest absolute Gasteiger partial charge is 0.171 e. The Kier molecular flexibility index (Phi) is 2.81. The van der Waals surface area contributed by atoms with Gasteiger partial charge in [0.05, 0.1) is 11.8 Å². The quantitative estimate of drug-likeness (QED) is 0.780. The molecule has 2 unspecified atom stereocenters. The Morgan fingerprint density at radius 1 is 1.60 bits per heavy atom. The molecule has 1 aliphatic rings. The number of hydrogen-bond acceptors (Lipinski definition) is 4. The number of hydrogen-bond donors (Lipinski definition) is 2. The van der Waals surface area contributed by atoms with E-state index in [2.05, 4.69) is 10.4 Å². The van der Waals surface area contributed by atoms with Gasteiger partial charge in [-0.15, -0.1) is 0 Å². The van der Waals surface area contributed by atoms with E-state index in [0.29, 0.717) is 17.8 Å². The zero-order valence-corrected chi connectivity index (χ0v) is 9.23. The fourth-order valence-corrected chi connectivity index (χ4v) is 2.10. The number of nitrogens with two attached hydrogens (primary N) is 1. The SMILES string of the molecule is COC1CCC(Nc2nn(C)cc2N)C1. The Bertz CT molecular complexity index is 336. The Hall–Kier alpha value is -1.23. The molecule has 1 saturated carbocycles. The van der Waals surface area contributed by atoms with Crippen LogP contribution in [0, 0.1) is 0 Å². The molecule has 0 amide bonds. The minimum Gasteiger partial charge on any atom is -0.394 e. The van der Waals surface area contributed by atoms with Crippen LogP contribution in [-0.2, 0) is 11.8 Å². The van der Waals surface area contributed by atoms with Gasteiger partial charge in [0.1, 0.15) is 0 Å². The van der Waals surface area contributed by atoms with E-state index in [0.717, 1.165) is 25.1 Å². The lowest BCUT2D eigenvalue weighted by atomic mass is 10.2. The molecule has 5 heteroatoms. The number of nitrogen functional groups attached to an aromatic ring is 1. The molecular formula is C10H18N4O. The van der Waals surface area contributed by atoms with Crippen molar-refractivity contribution in [2.75, 3.05) is 18.2 Å². The van der Waals surface area contributed by atoms with Crippen molar-refractivity contribution in [3.63, 3.8) is 0 Å². The van der Waals surface area contributed by atoms with E-state index in [4.69, 9.17) is 10.5 Å². The highest BCUT2D eigenvalue weighted by molar-refractivity contribution is 5.60. The minimum absolute atomic E-state index is 0.382. The maximum absolute atomic E-state index is 5.81. The van der Waals surface area contributed by atoms with Crippen LogP contribution in [0.1, 0.15) is 19.3 Å². The summed E-state index contributed by atoms with van der Waals surface area (Å²) in [5.74, 6) is 0.791. The van der Waals surface area contributed by atoms with Crippen LogP contribution < -0.4 is 11.1 Å². The van der Waals surface area contributed by atoms with Crippen molar-refractivity contribution in [3.05, 3.63) is 6.20 Å². The average Bonchev–Trinajstić information content (AvgIpc) is 2.75. The molecule has 1 aliphatic carbocycles. The molecule has 15 heavy (non-hydrogen) atoms. The van der Waals surface area contributed by atoms with Crippen LogP contribution >= 0.6 is 0 Å². The van der Waals surface area contributed by atoms with Gasteiger partial charge in [-0.3, -0.25) is 4.68 Å². The van der Waals surface area contributed by atoms with Crippen LogP contribution in [0.15, 0.2) is 6.20 Å². The third-order valence-electron chi connectivity index (χ3n) is 2.92. The third kappa shape index (κ3) is 2.23. The van der Waals surface area contributed by atoms with Gasteiger partial charge in [-0.05, 0) is 19.3 Å². The normalized spacial score (nSPS) is 25.7. The number of nitrogens with one attached hydrogen (secondary N) is 1. The van der Waals surface area contributed by atoms with E-state index < -0.39 is 0 Å². The predicted octanol–water partition coefficient (Wildman–Crippen LogP) is 0.982. The molecule has 2 rings (SSSR count). The van der Waals surface area contributed by atoms with Crippen LogP contribution in [0.4, 0.5) is 11.5 Å². The lowest BCUT2D eigenvalue weighted by molar-refractivity contribution is 0.108. The van der Waals surface area contributed by atoms with Crippen molar-refractivity contribution >= 4 is 11.5 Å². The van der Waals surface area contributed by atoms with Gasteiger partial charge in [0.25, 0.3) is 0 Å². The first-order valence-electron chi connectivity index (χ1n) is 5.27. The fraction of sp³-hybridized carbons (Fsp3) is 0.700. The van der Waals surface area contributed by atoms with E-state index in [1.54, 1.807) is 11.8 Å². The summed E-state index contributed by atoms with van der Waals surface area (Å²) in [7, 11) is 3.64. The average molecular weight is 210 g/mol. The maximum Gasteiger partial charge on any atom is 0.171 e. The molecule has 0 aliphatic heterocycles. The van der Waals surface area contributed by atoms with E-state index in [1.807, 2.05) is 13.2 Å². The van der Waals surface area contributed by atoms with Crippen molar-refractivity contribution in [1.29, 1.82) is 0 Å². The molecular weight excluding hydrogens is 192 g/mol. The molecule has 0 saturated heterocycles. The van der Waals surface area contributed by atoms with Gasteiger partial charge < -0.3 is 15.8 Å². The van der Waals surface area contributed by atoms with Crippen LogP contribution in [0.2, 0.25) is 0 Å². The lowest BCUT2D eigenvalue weighted by Crippen LogP contribution is -2.18. The first kappa shape index (κ1) is 10.3. The second kappa shape index (κ2) is 4.10. The van der Waals surface area contributed by atoms with Crippen molar-refractivity contribution in [2.24, 2.45) is 7.05 Å². The number of nitrogens with zero attached hydrogens (tertiary/aromatic N) is 2. The minimum atomic E-state index is 0.382. The first-order valence-corrected chi connectivity index (χ1v) is 5.27. The maximum atomic E-state index is 5.81. The molecule has 0 spiro atoms. The summed E-state index contributed by atoms with van der Waals surface area (Å²) in [6, 6.07) is 0.437. The molecule has 3 N–H and O–H groups in total. The molecule has 5 nitrogen and oxygen atoms in total. The molecule has 1 aromatic heterocycles. The van der Waals surface area contributed by atoms with Gasteiger partial charge >= 0.3 is 0 Å². The lowest BCUT2D eigenvalue weighted by Gasteiger charge is -2.12. The Labute approximate surface area is 89.6 Å². The zero-order valence-electron chi connectivity index (χ0n) is 9.23. The van der Waals surface area contributed by atoms with Gasteiger partial charge in [-0.1, -0.05) is 0 Å². The summed E-state index contributed by atoms with van der Waals surface area (Å²) in [5, 5.41) is 7.62. The van der Waals surface area contributed by atoms with Crippen molar-refractivity contribution in [2.45, 2.75) is 31.4 Å². The molecule has 1 aromatic rings. The largest absolute Gasteiger partial charge is 0.394 e. The van der Waals surface area contributed by atoms with Gasteiger partial charge in [-0.25, -0.2) is 0 Å². The van der Waals surface area contributed by atoms with E-state index in [9.17, 15) is 0 Å². The van der Waals surface area contributed by atoms with Gasteiger partial charge in [0, 0.05) is 26.4 Å². The second-order valence-corrected chi connectivity index (χ2v) is 4.12. The Balaban J connectivity index is 1.95. The molecule has 0 bridgehead atoms. The number of aromatic nitrogens is 2. The number of rotatable bonds is 3. The van der Waals surface area contributed by atoms with Crippen molar-refractivity contribution in [1.82, 2.24) is 9.78 Å². The van der Waals surface area contributed by atoms with Gasteiger partial charge in [-0.2, -0.15) is 5.10 Å². The number of aryl methyl sites for hydroxylation is 1. The van der Waals surface area contributed by atoms with E-state index in [1.165, 1.54) is 0 Å². The standard InChI is InChI=1S/C10H18N4O/c1-14-6-9(11)10(13-14)12-7-3-4-8(5-7)15-2/h6-8H,3-5,11H2,1-2H3,(H,12,13). The van der Waals surface area contributed by atoms with Crippen molar-refractivity contribution in [3.8, 4) is 0 Å². The molecule has 0 radical (unpaired) electrons. The van der Waals surface area contributed by atoms with Gasteiger partial charge in [0.2, 0.25) is 0 Å². The summed E-state index contributed by atoms with van der Waals surface area (Å²) >= 11 is 0. The van der Waals surface area contributed by atoms with Crippen LogP contribution in [-0.4, -0.2) is 29.0 Å². The summed E-state index contributed by atoms with van der Waals surface area (Å²) in [6.07, 6.45) is 5.46. The van der Waals surface area contributed by atoms with Crippen LogP contribution in [0.3, 0.4) is 0 Å². The van der Waals surface area contributed by atoms with E-state index in [-0.39, 0.29) is 0 Å². The van der Waals surface area contributed by atoms with E-state index >= 15 is 0 Å². The fourth-order valence-electron chi connectivity index (χ4n) is 2.10. The third-order valence-corrected chi connectivity index (χ3v) is 2.92. The summed E-state index contributed by atoms with van der Waals surface area (Å²) < 4.78 is 7.04. The van der Waals surface area contributed by atoms with Crippen molar-refractivity contribution < 1.29 is 4.74 Å². The second-order valence-electron chi connectivity index (χ2n) is 4.12. The Morgan fingerprint density at radius 2 is 2.40 bits per heavy atom. The molecule has 84 valence electrons. The topological polar surface area (TPSA) is 65.1 Å². The molecule has 0 aromatic carbocycles. The highest BCUT2D eigenvalue weighted by Crippen LogP contribution is 2.26. The summed E-state index contributed by atoms with van der Waals surface area (Å²) in [5.41, 5.74) is 6.52. The zero-order chi connectivity index (χ0) is 10.8. The number of anilines is 2. The molecule has 1 heterocycles. The van der Waals surface area contributed by atoms with Gasteiger partial charge in [0.15, 0.2) is 5.82 Å². The highest BCUT2D eigenvalue weighted by atomic mass is 16.5. The number of ether oxygens (including phenoxy) is 1. The first-order chi connectivity index (χ1) is 7.19. The van der Waals surface area contributed by atoms with Crippen LogP contribution in [0.25, 0.3) is 0 Å². The Morgan fingerprint density at radius 3 is 2.93 bits per heavy atom. The summed E-state index contributed by atoms with van der Waals surface area (Å²) in [6.45, 7) is 0. The summed E-state index contributed by atoms with van der Waals surface area (Å²) in [4.78, 5) is 0. The number of methoxy groups -OCH3 is 1. The monoisotopic (exact) mass is 210 g/mol. The highest BCUT2D eigenvalue weighted by Gasteiger charge is 2.25. The predicted molar refractivity (Wildman–Crippen MR) is 59.7 cm³/mol. The molecule has 2 atom stereocenters. The molecule has 1 fully saturated rings.